The van der Waals surface area contributed by atoms with Gasteiger partial charge in [-0.1, -0.05) is 38.0 Å². The van der Waals surface area contributed by atoms with Gasteiger partial charge >= 0.3 is 0 Å². The summed E-state index contributed by atoms with van der Waals surface area (Å²) in [4.78, 5) is 3.74. The zero-order valence-corrected chi connectivity index (χ0v) is 15.8. The quantitative estimate of drug-likeness (QED) is 0.714. The van der Waals surface area contributed by atoms with E-state index >= 15 is 0 Å². The maximum absolute atomic E-state index is 8.49. The largest absolute Gasteiger partial charge is 0.350 e. The first-order valence-corrected chi connectivity index (χ1v) is 10.5. The van der Waals surface area contributed by atoms with Gasteiger partial charge < -0.3 is 4.98 Å². The molecule has 1 unspecified atom stereocenters. The van der Waals surface area contributed by atoms with Crippen LogP contribution in [0.15, 0.2) is 24.3 Å². The Balaban J connectivity index is 0.000000349. The maximum Gasteiger partial charge on any atom is 0.203 e. The number of para-hydroxylation sites is 1. The lowest BCUT2D eigenvalue weighted by Gasteiger charge is -2.26. The molecule has 2 aliphatic rings. The van der Waals surface area contributed by atoms with E-state index in [1.165, 1.54) is 68.2 Å². The van der Waals surface area contributed by atoms with Gasteiger partial charge in [0.15, 0.2) is 0 Å². The van der Waals surface area contributed by atoms with Crippen LogP contribution in [0.3, 0.4) is 0 Å². The van der Waals surface area contributed by atoms with Gasteiger partial charge in [-0.15, -0.1) is 10.2 Å². The van der Waals surface area contributed by atoms with Crippen molar-refractivity contribution < 1.29 is 33.5 Å². The Bertz CT molecular complexity index is 788. The lowest BCUT2D eigenvalue weighted by Crippen LogP contribution is -2.68. The molecule has 1 aromatic carbocycles. The van der Waals surface area contributed by atoms with Gasteiger partial charge in [-0.3, -0.25) is 0 Å². The maximum atomic E-state index is 8.49. The highest BCUT2D eigenvalue weighted by molar-refractivity contribution is 6.04. The van der Waals surface area contributed by atoms with Crippen molar-refractivity contribution in [1.82, 2.24) is 4.98 Å². The van der Waals surface area contributed by atoms with Gasteiger partial charge in [0.1, 0.15) is 18.8 Å². The van der Waals surface area contributed by atoms with Crippen molar-refractivity contribution in [2.45, 2.75) is 45.4 Å². The number of hydrogen-bond donors (Lipinski definition) is 1. The number of halogens is 1. The van der Waals surface area contributed by atoms with Crippen LogP contribution in [0.2, 0.25) is 0 Å². The van der Waals surface area contributed by atoms with Crippen LogP contribution in [0.5, 0.6) is 0 Å². The lowest BCUT2D eigenvalue weighted by atomic mass is 9.84. The molecule has 0 saturated heterocycles. The van der Waals surface area contributed by atoms with E-state index in [0.29, 0.717) is 0 Å². The molecule has 0 spiro atoms. The van der Waals surface area contributed by atoms with Crippen LogP contribution in [0.4, 0.5) is 0 Å². The predicted octanol–water partition coefficient (Wildman–Crippen LogP) is -0.630. The van der Waals surface area contributed by atoms with Gasteiger partial charge in [0.2, 0.25) is 5.71 Å². The molecule has 1 aromatic heterocycles. The van der Waals surface area contributed by atoms with E-state index in [4.69, 9.17) is 18.6 Å². The van der Waals surface area contributed by atoms with Gasteiger partial charge in [0.05, 0.1) is 0 Å². The number of benzene rings is 1. The van der Waals surface area contributed by atoms with Crippen LogP contribution in [0, 0.1) is 16.2 Å². The summed E-state index contributed by atoms with van der Waals surface area (Å²) in [6.07, 6.45) is 7.97. The van der Waals surface area contributed by atoms with Crippen molar-refractivity contribution in [3.63, 3.8) is 0 Å². The summed E-state index contributed by atoms with van der Waals surface area (Å²) >= 11 is 0. The van der Waals surface area contributed by atoms with Crippen molar-refractivity contribution in [2.75, 3.05) is 13.1 Å². The summed E-state index contributed by atoms with van der Waals surface area (Å²) in [5, 5.41) is 1.44. The molecule has 6 nitrogen and oxygen atoms in total. The van der Waals surface area contributed by atoms with E-state index in [2.05, 4.69) is 40.7 Å². The van der Waals surface area contributed by atoms with Crippen molar-refractivity contribution in [1.29, 1.82) is 0 Å². The first-order valence-electron chi connectivity index (χ1n) is 9.22. The van der Waals surface area contributed by atoms with E-state index in [1.807, 2.05) is 0 Å². The van der Waals surface area contributed by atoms with Crippen LogP contribution in [-0.2, 0) is 6.42 Å². The number of aromatic amines is 1. The number of nitrogens with zero attached hydrogens (tertiary/aromatic N) is 1. The van der Waals surface area contributed by atoms with E-state index in [9.17, 15) is 0 Å². The smallest absolute Gasteiger partial charge is 0.203 e. The van der Waals surface area contributed by atoms with Crippen molar-refractivity contribution in [3.05, 3.63) is 35.5 Å². The fourth-order valence-electron chi connectivity index (χ4n) is 4.30. The number of hydrogen-bond acceptors (Lipinski definition) is 4. The van der Waals surface area contributed by atoms with Gasteiger partial charge in [0, 0.05) is 29.7 Å². The summed E-state index contributed by atoms with van der Waals surface area (Å²) < 4.78 is 36.6. The highest BCUT2D eigenvalue weighted by Gasteiger charge is 2.36. The third kappa shape index (κ3) is 4.45. The minimum Gasteiger partial charge on any atom is -0.350 e. The van der Waals surface area contributed by atoms with Gasteiger partial charge in [-0.05, 0) is 24.5 Å². The van der Waals surface area contributed by atoms with Crippen LogP contribution in [-0.4, -0.2) is 28.4 Å². The van der Waals surface area contributed by atoms with Crippen molar-refractivity contribution in [2.24, 2.45) is 5.92 Å². The second-order valence-electron chi connectivity index (χ2n) is 7.01. The highest BCUT2D eigenvalue weighted by atomic mass is 35.7. The average molecular weight is 381 g/mol. The second-order valence-corrected chi connectivity index (χ2v) is 7.76. The average Bonchev–Trinajstić information content (AvgIpc) is 2.97. The molecular weight excluding hydrogens is 356 g/mol. The SMILES string of the molecule is CCCCC1CCC[N+]2=C1c1[nH]c3ccccc3c1CC2.[O-][Cl+3]([O-])([O-])[O-]. The zero-order chi connectivity index (χ0) is 18.7. The predicted molar refractivity (Wildman–Crippen MR) is 88.4 cm³/mol. The van der Waals surface area contributed by atoms with Crippen molar-refractivity contribution >= 4 is 16.6 Å². The standard InChI is InChI=1S/C19H24N2.ClHO4/c1-2-3-7-14-8-6-12-21-13-11-16-15-9-4-5-10-17(15)20-18(16)19(14)21;2-1(3,4)5/h4-5,9-10,14H,2-3,6-8,11-13H2,1H3;(H,2,3,4,5). The molecule has 0 aliphatic carbocycles. The molecule has 0 saturated carbocycles. The number of aromatic nitrogens is 1. The molecule has 3 heterocycles. The Kier molecular flexibility index (Phi) is 5.99. The highest BCUT2D eigenvalue weighted by Crippen LogP contribution is 2.32. The first-order chi connectivity index (χ1) is 12.4. The van der Waals surface area contributed by atoms with Crippen LogP contribution in [0.25, 0.3) is 10.9 Å². The summed E-state index contributed by atoms with van der Waals surface area (Å²) in [5.41, 5.74) is 5.98. The lowest BCUT2D eigenvalue weighted by molar-refractivity contribution is -2.00. The monoisotopic (exact) mass is 380 g/mol. The molecule has 2 aromatic rings. The molecule has 26 heavy (non-hydrogen) atoms. The topological polar surface area (TPSA) is 111 Å². The third-order valence-electron chi connectivity index (χ3n) is 5.32. The van der Waals surface area contributed by atoms with Crippen LogP contribution >= 0.6 is 0 Å². The summed E-state index contributed by atoms with van der Waals surface area (Å²) in [5.74, 6) is 0.769. The molecule has 1 atom stereocenters. The van der Waals surface area contributed by atoms with E-state index < -0.39 is 10.2 Å². The number of rotatable bonds is 3. The van der Waals surface area contributed by atoms with E-state index in [1.54, 1.807) is 11.3 Å². The van der Waals surface area contributed by atoms with Crippen LogP contribution < -0.4 is 18.6 Å². The number of fused-ring (bicyclic) bond motifs is 4. The molecular formula is C19H25ClN2O4. The summed E-state index contributed by atoms with van der Waals surface area (Å²) in [6.45, 7) is 4.78. The van der Waals surface area contributed by atoms with Crippen LogP contribution in [0.1, 0.15) is 50.3 Å². The normalized spacial score (nSPS) is 19.7. The molecule has 0 amide bonds. The zero-order valence-electron chi connectivity index (χ0n) is 15.0. The Labute approximate surface area is 155 Å². The fraction of sp³-hybridized carbons (Fsp3) is 0.526. The minimum absolute atomic E-state index is 0.769. The Morgan fingerprint density at radius 2 is 1.88 bits per heavy atom. The van der Waals surface area contributed by atoms with Gasteiger partial charge in [0.25, 0.3) is 0 Å². The fourth-order valence-corrected chi connectivity index (χ4v) is 4.30. The number of H-pyrrole nitrogens is 1. The Morgan fingerprint density at radius 3 is 2.62 bits per heavy atom. The Morgan fingerprint density at radius 1 is 1.15 bits per heavy atom. The third-order valence-corrected chi connectivity index (χ3v) is 5.32. The summed E-state index contributed by atoms with van der Waals surface area (Å²) in [7, 11) is -4.94. The Hall–Kier alpha value is -1.44. The molecule has 7 heteroatoms. The molecule has 0 bridgehead atoms. The second kappa shape index (κ2) is 8.06. The first kappa shape index (κ1) is 19.3. The minimum atomic E-state index is -4.94. The van der Waals surface area contributed by atoms with E-state index in [-0.39, 0.29) is 0 Å². The molecule has 4 rings (SSSR count). The molecule has 1 N–H and O–H groups in total. The molecule has 142 valence electrons. The van der Waals surface area contributed by atoms with Gasteiger partial charge in [-0.2, -0.15) is 0 Å². The number of unbranched alkanes of at least 4 members (excludes halogenated alkanes) is 1. The van der Waals surface area contributed by atoms with Crippen molar-refractivity contribution in [3.8, 4) is 0 Å². The van der Waals surface area contributed by atoms with Gasteiger partial charge in [-0.25, -0.2) is 23.2 Å². The molecule has 0 radical (unpaired) electrons. The van der Waals surface area contributed by atoms with E-state index in [0.717, 1.165) is 5.92 Å². The molecule has 0 fully saturated rings. The molecule has 2 aliphatic heterocycles. The number of nitrogens with one attached hydrogen (secondary N) is 1. The summed E-state index contributed by atoms with van der Waals surface area (Å²) in [6, 6.07) is 8.82.